The maximum atomic E-state index is 13.4. The standard InChI is InChI=1S/C23H26O4/c1-4-6-11-26-18-10-8-9-16-20(18)23(25)21-17(22(16)24)13-15(3)14-19(21)27-12-7-5-2/h8-10,13-14H,4-7,11-12H2,1-3H3. The van der Waals surface area contributed by atoms with Crippen LogP contribution >= 0.6 is 0 Å². The van der Waals surface area contributed by atoms with E-state index in [9.17, 15) is 9.59 Å². The molecule has 0 radical (unpaired) electrons. The average molecular weight is 366 g/mol. The molecule has 2 aromatic rings. The highest BCUT2D eigenvalue weighted by molar-refractivity contribution is 6.30. The second-order valence-electron chi connectivity index (χ2n) is 6.93. The zero-order chi connectivity index (χ0) is 19.4. The second-order valence-corrected chi connectivity index (χ2v) is 6.93. The normalized spacial score (nSPS) is 12.6. The molecule has 0 heterocycles. The molecule has 0 N–H and O–H groups in total. The zero-order valence-corrected chi connectivity index (χ0v) is 16.3. The van der Waals surface area contributed by atoms with E-state index >= 15 is 0 Å². The first-order valence-electron chi connectivity index (χ1n) is 9.71. The van der Waals surface area contributed by atoms with E-state index in [1.165, 1.54) is 0 Å². The number of hydrogen-bond acceptors (Lipinski definition) is 4. The predicted molar refractivity (Wildman–Crippen MR) is 105 cm³/mol. The average Bonchev–Trinajstić information content (AvgIpc) is 2.66. The third-order valence-corrected chi connectivity index (χ3v) is 4.73. The first-order chi connectivity index (χ1) is 13.1. The molecule has 1 aliphatic carbocycles. The highest BCUT2D eigenvalue weighted by atomic mass is 16.5. The van der Waals surface area contributed by atoms with Gasteiger partial charge in [-0.2, -0.15) is 0 Å². The number of aryl methyl sites for hydroxylation is 1. The largest absolute Gasteiger partial charge is 0.493 e. The van der Waals surface area contributed by atoms with Gasteiger partial charge in [0.2, 0.25) is 5.78 Å². The van der Waals surface area contributed by atoms with Crippen LogP contribution in [0.4, 0.5) is 0 Å². The van der Waals surface area contributed by atoms with Crippen LogP contribution in [0.1, 0.15) is 76.9 Å². The van der Waals surface area contributed by atoms with E-state index in [1.807, 2.05) is 13.0 Å². The molecule has 0 spiro atoms. The number of ether oxygens (including phenoxy) is 2. The van der Waals surface area contributed by atoms with E-state index in [0.29, 0.717) is 47.0 Å². The van der Waals surface area contributed by atoms with E-state index < -0.39 is 0 Å². The van der Waals surface area contributed by atoms with Crippen molar-refractivity contribution in [1.29, 1.82) is 0 Å². The molecule has 0 aromatic heterocycles. The van der Waals surface area contributed by atoms with Crippen LogP contribution in [0.25, 0.3) is 0 Å². The van der Waals surface area contributed by atoms with E-state index in [-0.39, 0.29) is 11.6 Å². The van der Waals surface area contributed by atoms with Gasteiger partial charge in [-0.3, -0.25) is 9.59 Å². The van der Waals surface area contributed by atoms with Crippen LogP contribution in [-0.2, 0) is 0 Å². The molecule has 27 heavy (non-hydrogen) atoms. The van der Waals surface area contributed by atoms with Crippen LogP contribution in [0, 0.1) is 6.92 Å². The molecule has 2 aromatic carbocycles. The Kier molecular flexibility index (Phi) is 5.94. The molecule has 0 bridgehead atoms. The molecule has 0 amide bonds. The van der Waals surface area contributed by atoms with Crippen molar-refractivity contribution in [2.24, 2.45) is 0 Å². The summed E-state index contributed by atoms with van der Waals surface area (Å²) in [4.78, 5) is 26.5. The maximum Gasteiger partial charge on any atom is 0.201 e. The van der Waals surface area contributed by atoms with Gasteiger partial charge in [0.15, 0.2) is 5.78 Å². The fraction of sp³-hybridized carbons (Fsp3) is 0.391. The fourth-order valence-corrected chi connectivity index (χ4v) is 3.28. The summed E-state index contributed by atoms with van der Waals surface area (Å²) in [5, 5.41) is 0. The number of unbranched alkanes of at least 4 members (excludes halogenated alkanes) is 2. The first kappa shape index (κ1) is 19.2. The summed E-state index contributed by atoms with van der Waals surface area (Å²) >= 11 is 0. The lowest BCUT2D eigenvalue weighted by molar-refractivity contribution is 0.0972. The number of rotatable bonds is 8. The maximum absolute atomic E-state index is 13.4. The molecule has 0 saturated heterocycles. The molecule has 0 atom stereocenters. The minimum absolute atomic E-state index is 0.149. The van der Waals surface area contributed by atoms with Crippen molar-refractivity contribution in [3.8, 4) is 11.5 Å². The van der Waals surface area contributed by atoms with Crippen molar-refractivity contribution in [2.75, 3.05) is 13.2 Å². The Morgan fingerprint density at radius 3 is 2.07 bits per heavy atom. The van der Waals surface area contributed by atoms with Gasteiger partial charge in [0.05, 0.1) is 24.3 Å². The van der Waals surface area contributed by atoms with Crippen LogP contribution in [0.3, 0.4) is 0 Å². The minimum Gasteiger partial charge on any atom is -0.493 e. The molecule has 3 rings (SSSR count). The third-order valence-electron chi connectivity index (χ3n) is 4.73. The molecular formula is C23H26O4. The van der Waals surface area contributed by atoms with Crippen molar-refractivity contribution in [1.82, 2.24) is 0 Å². The molecule has 0 aliphatic heterocycles. The van der Waals surface area contributed by atoms with E-state index in [4.69, 9.17) is 9.47 Å². The quantitative estimate of drug-likeness (QED) is 0.519. The Hall–Kier alpha value is -2.62. The molecule has 0 unspecified atom stereocenters. The van der Waals surface area contributed by atoms with Gasteiger partial charge in [0, 0.05) is 11.1 Å². The van der Waals surface area contributed by atoms with Gasteiger partial charge in [-0.05, 0) is 43.5 Å². The number of ketones is 2. The number of hydrogen-bond donors (Lipinski definition) is 0. The summed E-state index contributed by atoms with van der Waals surface area (Å²) in [6.45, 7) is 7.12. The highest BCUT2D eigenvalue weighted by Crippen LogP contribution is 2.38. The van der Waals surface area contributed by atoms with Crippen molar-refractivity contribution in [2.45, 2.75) is 46.5 Å². The van der Waals surface area contributed by atoms with E-state index in [0.717, 1.165) is 31.2 Å². The summed E-state index contributed by atoms with van der Waals surface area (Å²) in [5.74, 6) is 0.624. The fourth-order valence-electron chi connectivity index (χ4n) is 3.28. The lowest BCUT2D eigenvalue weighted by atomic mass is 9.82. The zero-order valence-electron chi connectivity index (χ0n) is 16.3. The minimum atomic E-state index is -0.196. The van der Waals surface area contributed by atoms with Crippen LogP contribution in [0.5, 0.6) is 11.5 Å². The molecule has 142 valence electrons. The third kappa shape index (κ3) is 3.75. The van der Waals surface area contributed by atoms with Crippen molar-refractivity contribution in [3.63, 3.8) is 0 Å². The molecular weight excluding hydrogens is 340 g/mol. The Balaban J connectivity index is 2.06. The molecule has 4 heteroatoms. The van der Waals surface area contributed by atoms with E-state index in [1.54, 1.807) is 24.3 Å². The smallest absolute Gasteiger partial charge is 0.201 e. The lowest BCUT2D eigenvalue weighted by Gasteiger charge is -2.23. The monoisotopic (exact) mass is 366 g/mol. The summed E-state index contributed by atoms with van der Waals surface area (Å²) in [7, 11) is 0. The summed E-state index contributed by atoms with van der Waals surface area (Å²) in [5.41, 5.74) is 2.45. The van der Waals surface area contributed by atoms with Crippen LogP contribution in [0.2, 0.25) is 0 Å². The molecule has 0 saturated carbocycles. The van der Waals surface area contributed by atoms with Crippen LogP contribution < -0.4 is 9.47 Å². The Morgan fingerprint density at radius 1 is 0.778 bits per heavy atom. The Bertz CT molecular complexity index is 867. The van der Waals surface area contributed by atoms with E-state index in [2.05, 4.69) is 13.8 Å². The summed E-state index contributed by atoms with van der Waals surface area (Å²) < 4.78 is 11.7. The van der Waals surface area contributed by atoms with Crippen LogP contribution in [0.15, 0.2) is 30.3 Å². The van der Waals surface area contributed by atoms with Gasteiger partial charge in [-0.15, -0.1) is 0 Å². The van der Waals surface area contributed by atoms with Gasteiger partial charge in [0.1, 0.15) is 11.5 Å². The van der Waals surface area contributed by atoms with Crippen molar-refractivity contribution < 1.29 is 19.1 Å². The predicted octanol–water partition coefficient (Wildman–Crippen LogP) is 5.13. The van der Waals surface area contributed by atoms with Crippen LogP contribution in [-0.4, -0.2) is 24.8 Å². The number of carbonyl (C=O) groups is 2. The Morgan fingerprint density at radius 2 is 1.41 bits per heavy atom. The molecule has 0 fully saturated rings. The number of benzene rings is 2. The van der Waals surface area contributed by atoms with Crippen molar-refractivity contribution >= 4 is 11.6 Å². The number of fused-ring (bicyclic) bond motifs is 2. The number of carbonyl (C=O) groups excluding carboxylic acids is 2. The van der Waals surface area contributed by atoms with Gasteiger partial charge in [-0.25, -0.2) is 0 Å². The lowest BCUT2D eigenvalue weighted by Crippen LogP contribution is -2.23. The topological polar surface area (TPSA) is 52.6 Å². The van der Waals surface area contributed by atoms with Gasteiger partial charge in [-0.1, -0.05) is 38.8 Å². The SMILES string of the molecule is CCCCOc1cccc2c1C(=O)c1c(OCCCC)cc(C)cc1C2=O. The van der Waals surface area contributed by atoms with Gasteiger partial charge in [0.25, 0.3) is 0 Å². The summed E-state index contributed by atoms with van der Waals surface area (Å²) in [6, 6.07) is 8.84. The second kappa shape index (κ2) is 8.38. The first-order valence-corrected chi connectivity index (χ1v) is 9.71. The van der Waals surface area contributed by atoms with Gasteiger partial charge >= 0.3 is 0 Å². The van der Waals surface area contributed by atoms with Crippen molar-refractivity contribution in [3.05, 3.63) is 58.1 Å². The van der Waals surface area contributed by atoms with Gasteiger partial charge < -0.3 is 9.47 Å². The molecule has 4 nitrogen and oxygen atoms in total. The highest BCUT2D eigenvalue weighted by Gasteiger charge is 2.35. The molecule has 1 aliphatic rings. The Labute approximate surface area is 160 Å². The summed E-state index contributed by atoms with van der Waals surface area (Å²) in [6.07, 6.45) is 3.79.